The summed E-state index contributed by atoms with van der Waals surface area (Å²) in [5, 5.41) is 12.5. The topological polar surface area (TPSA) is 116 Å². The molecular weight excluding hydrogens is 405 g/mol. The van der Waals surface area contributed by atoms with Crippen LogP contribution in [0, 0.1) is 0 Å². The van der Waals surface area contributed by atoms with Gasteiger partial charge in [-0.25, -0.2) is 4.79 Å². The lowest BCUT2D eigenvalue weighted by Crippen LogP contribution is -2.35. The second-order valence-corrected chi connectivity index (χ2v) is 5.24. The van der Waals surface area contributed by atoms with Gasteiger partial charge in [-0.15, -0.1) is 0 Å². The summed E-state index contributed by atoms with van der Waals surface area (Å²) in [6, 6.07) is 4.09. The Morgan fingerprint density at radius 3 is 2.41 bits per heavy atom. The second-order valence-electron chi connectivity index (χ2n) is 4.48. The smallest absolute Gasteiger partial charge is 0.337 e. The average Bonchev–Trinajstić information content (AvgIpc) is 2.79. The third-order valence-corrected chi connectivity index (χ3v) is 3.63. The molecule has 0 bridgehead atoms. The lowest BCUT2D eigenvalue weighted by atomic mass is 10.1. The first-order chi connectivity index (χ1) is 10.4. The molecule has 1 heterocycles. The van der Waals surface area contributed by atoms with Crippen LogP contribution in [0.25, 0.3) is 0 Å². The van der Waals surface area contributed by atoms with E-state index in [9.17, 15) is 24.3 Å². The molecule has 0 unspecified atom stereocenters. The highest BCUT2D eigenvalue weighted by molar-refractivity contribution is 14.1. The van der Waals surface area contributed by atoms with Gasteiger partial charge in [0.15, 0.2) is 0 Å². The molecule has 0 radical (unpaired) electrons. The van der Waals surface area contributed by atoms with Crippen molar-refractivity contribution in [2.24, 2.45) is 0 Å². The van der Waals surface area contributed by atoms with Crippen LogP contribution in [0.4, 0.5) is 11.4 Å². The lowest BCUT2D eigenvalue weighted by Gasteiger charge is -2.18. The van der Waals surface area contributed by atoms with Gasteiger partial charge in [-0.05, 0) is 18.2 Å². The molecule has 0 aliphatic carbocycles. The van der Waals surface area contributed by atoms with Crippen molar-refractivity contribution < 1.29 is 24.3 Å². The van der Waals surface area contributed by atoms with E-state index in [-0.39, 0.29) is 34.4 Å². The van der Waals surface area contributed by atoms with E-state index in [0.29, 0.717) is 5.69 Å². The molecule has 1 aromatic rings. The van der Waals surface area contributed by atoms with Crippen LogP contribution in [-0.2, 0) is 14.4 Å². The minimum Gasteiger partial charge on any atom is -0.478 e. The number of carboxylic acids is 1. The Hall–Kier alpha value is -2.17. The van der Waals surface area contributed by atoms with E-state index in [1.54, 1.807) is 0 Å². The average molecular weight is 417 g/mol. The first-order valence-corrected chi connectivity index (χ1v) is 7.80. The predicted molar refractivity (Wildman–Crippen MR) is 85.6 cm³/mol. The minimum absolute atomic E-state index is 0.0577. The van der Waals surface area contributed by atoms with Crippen LogP contribution in [0.15, 0.2) is 18.2 Å². The Kier molecular flexibility index (Phi) is 4.96. The van der Waals surface area contributed by atoms with Crippen molar-refractivity contribution in [3.8, 4) is 0 Å². The first kappa shape index (κ1) is 16.2. The maximum absolute atomic E-state index is 11.6. The van der Waals surface area contributed by atoms with Gasteiger partial charge in [-0.3, -0.25) is 19.8 Å². The summed E-state index contributed by atoms with van der Waals surface area (Å²) in [5.74, 6) is -2.32. The van der Waals surface area contributed by atoms with Gasteiger partial charge < -0.3 is 10.4 Å². The highest BCUT2D eigenvalue weighted by atomic mass is 127. The normalized spacial score (nSPS) is 14.1. The molecule has 1 aromatic carbocycles. The molecule has 2 rings (SSSR count). The fourth-order valence-corrected chi connectivity index (χ4v) is 2.11. The zero-order valence-corrected chi connectivity index (χ0v) is 13.4. The van der Waals surface area contributed by atoms with Gasteiger partial charge in [0, 0.05) is 18.5 Å². The largest absolute Gasteiger partial charge is 0.478 e. The molecule has 116 valence electrons. The second kappa shape index (κ2) is 6.73. The van der Waals surface area contributed by atoms with Crippen molar-refractivity contribution in [2.45, 2.75) is 12.8 Å². The number of carbonyl (C=O) groups excluding carboxylic acids is 3. The number of rotatable bonds is 5. The van der Waals surface area contributed by atoms with E-state index < -0.39 is 17.8 Å². The van der Waals surface area contributed by atoms with Gasteiger partial charge in [0.1, 0.15) is 0 Å². The Bertz CT molecular complexity index is 645. The molecule has 1 aliphatic heterocycles. The van der Waals surface area contributed by atoms with E-state index in [0.717, 1.165) is 5.01 Å². The number of imide groups is 1. The molecule has 0 spiro atoms. The molecule has 3 N–H and O–H groups in total. The van der Waals surface area contributed by atoms with Crippen molar-refractivity contribution in [1.82, 2.24) is 5.01 Å². The Morgan fingerprint density at radius 1 is 1.23 bits per heavy atom. The van der Waals surface area contributed by atoms with Gasteiger partial charge in [0.25, 0.3) is 0 Å². The molecule has 9 heteroatoms. The molecule has 0 aromatic heterocycles. The van der Waals surface area contributed by atoms with Crippen LogP contribution >= 0.6 is 22.6 Å². The molecule has 0 saturated carbocycles. The standard InChI is InChI=1S/C13H12IN3O5/c14-6-10(18)15-7-1-2-8(13(21)22)9(5-7)16-17-11(19)3-4-12(17)20/h1-2,5,16H,3-4,6H2,(H,15,18)(H,21,22). The van der Waals surface area contributed by atoms with Crippen molar-refractivity contribution in [1.29, 1.82) is 0 Å². The molecule has 1 fully saturated rings. The van der Waals surface area contributed by atoms with Gasteiger partial charge in [0.2, 0.25) is 17.7 Å². The van der Waals surface area contributed by atoms with Crippen molar-refractivity contribution in [3.05, 3.63) is 23.8 Å². The van der Waals surface area contributed by atoms with Crippen LogP contribution in [0.1, 0.15) is 23.2 Å². The summed E-state index contributed by atoms with van der Waals surface area (Å²) in [6.07, 6.45) is 0.166. The van der Waals surface area contributed by atoms with E-state index >= 15 is 0 Å². The van der Waals surface area contributed by atoms with Gasteiger partial charge in [-0.1, -0.05) is 22.6 Å². The number of alkyl halides is 1. The summed E-state index contributed by atoms with van der Waals surface area (Å²) in [7, 11) is 0. The first-order valence-electron chi connectivity index (χ1n) is 6.28. The van der Waals surface area contributed by atoms with Crippen LogP contribution in [0.3, 0.4) is 0 Å². The number of halogens is 1. The van der Waals surface area contributed by atoms with Gasteiger partial charge in [0.05, 0.1) is 15.7 Å². The van der Waals surface area contributed by atoms with Gasteiger partial charge >= 0.3 is 5.97 Å². The van der Waals surface area contributed by atoms with E-state index in [4.69, 9.17) is 0 Å². The monoisotopic (exact) mass is 417 g/mol. The summed E-state index contributed by atoms with van der Waals surface area (Å²) in [5.41, 5.74) is 2.84. The Labute approximate surface area is 139 Å². The molecular formula is C13H12IN3O5. The Morgan fingerprint density at radius 2 is 1.86 bits per heavy atom. The quantitative estimate of drug-likeness (QED) is 0.377. The number of nitrogens with one attached hydrogen (secondary N) is 2. The predicted octanol–water partition coefficient (Wildman–Crippen LogP) is 1.23. The third kappa shape index (κ3) is 3.53. The molecule has 8 nitrogen and oxygen atoms in total. The molecule has 1 aliphatic rings. The van der Waals surface area contributed by atoms with Crippen LogP contribution < -0.4 is 10.7 Å². The number of hydrogen-bond acceptors (Lipinski definition) is 5. The van der Waals surface area contributed by atoms with Crippen LogP contribution in [0.5, 0.6) is 0 Å². The van der Waals surface area contributed by atoms with Crippen molar-refractivity contribution in [3.63, 3.8) is 0 Å². The zero-order valence-electron chi connectivity index (χ0n) is 11.3. The maximum atomic E-state index is 11.6. The number of hydrazine groups is 1. The van der Waals surface area contributed by atoms with Crippen molar-refractivity contribution >= 4 is 57.7 Å². The van der Waals surface area contributed by atoms with E-state index in [2.05, 4.69) is 10.7 Å². The van der Waals surface area contributed by atoms with Crippen LogP contribution in [0.2, 0.25) is 0 Å². The summed E-state index contributed by atoms with van der Waals surface area (Å²) < 4.78 is 0.240. The maximum Gasteiger partial charge on any atom is 0.337 e. The van der Waals surface area contributed by atoms with E-state index in [1.807, 2.05) is 22.6 Å². The number of benzene rings is 1. The highest BCUT2D eigenvalue weighted by Crippen LogP contribution is 2.24. The number of aromatic carboxylic acids is 1. The number of carbonyl (C=O) groups is 4. The molecule has 1 saturated heterocycles. The van der Waals surface area contributed by atoms with Gasteiger partial charge in [-0.2, -0.15) is 5.01 Å². The molecule has 3 amide bonds. The van der Waals surface area contributed by atoms with E-state index in [1.165, 1.54) is 18.2 Å². The fourth-order valence-electron chi connectivity index (χ4n) is 1.92. The summed E-state index contributed by atoms with van der Waals surface area (Å²) in [4.78, 5) is 45.8. The molecule has 22 heavy (non-hydrogen) atoms. The SMILES string of the molecule is O=C(CI)Nc1ccc(C(=O)O)c(NN2C(=O)CCC2=O)c1. The fraction of sp³-hybridized carbons (Fsp3) is 0.231. The third-order valence-electron chi connectivity index (χ3n) is 2.94. The van der Waals surface area contributed by atoms with Crippen LogP contribution in [-0.4, -0.2) is 38.2 Å². The summed E-state index contributed by atoms with van der Waals surface area (Å²) >= 11 is 1.89. The van der Waals surface area contributed by atoms with Crippen molar-refractivity contribution in [2.75, 3.05) is 15.2 Å². The lowest BCUT2D eigenvalue weighted by molar-refractivity contribution is -0.136. The highest BCUT2D eigenvalue weighted by Gasteiger charge is 2.30. The number of hydrogen-bond donors (Lipinski definition) is 3. The summed E-state index contributed by atoms with van der Waals surface area (Å²) in [6.45, 7) is 0. The minimum atomic E-state index is -1.21. The Balaban J connectivity index is 2.31. The molecule has 0 atom stereocenters. The number of amides is 3. The number of carboxylic acid groups (broad SMARTS) is 1. The number of anilines is 2. The number of nitrogens with zero attached hydrogens (tertiary/aromatic N) is 1. The zero-order chi connectivity index (χ0) is 16.3.